The van der Waals surface area contributed by atoms with Crippen LogP contribution in [-0.2, 0) is 4.79 Å². The fourth-order valence-corrected chi connectivity index (χ4v) is 2.34. The summed E-state index contributed by atoms with van der Waals surface area (Å²) in [5, 5.41) is 3.44. The van der Waals surface area contributed by atoms with Crippen molar-refractivity contribution in [2.45, 2.75) is 12.8 Å². The van der Waals surface area contributed by atoms with Gasteiger partial charge in [0.05, 0.1) is 0 Å². The molecule has 0 heterocycles. The zero-order chi connectivity index (χ0) is 12.5. The second-order valence-electron chi connectivity index (χ2n) is 3.56. The van der Waals surface area contributed by atoms with Crippen LogP contribution in [0.5, 0.6) is 0 Å². The number of thioether (sulfide) groups is 1. The van der Waals surface area contributed by atoms with Crippen LogP contribution >= 0.6 is 23.4 Å². The molecule has 0 aliphatic heterocycles. The number of hydrogen-bond donors (Lipinski definition) is 2. The largest absolute Gasteiger partial charge is 0.330 e. The number of nitrogens with one attached hydrogen (secondary N) is 1. The molecule has 94 valence electrons. The first-order valence-electron chi connectivity index (χ1n) is 5.55. The lowest BCUT2D eigenvalue weighted by Gasteiger charge is -2.05. The van der Waals surface area contributed by atoms with Crippen LogP contribution in [0.15, 0.2) is 24.3 Å². The summed E-state index contributed by atoms with van der Waals surface area (Å²) >= 11 is 7.58. The predicted octanol–water partition coefficient (Wildman–Crippen LogP) is 2.75. The number of anilines is 1. The molecular formula is C12H17ClN2OS. The van der Waals surface area contributed by atoms with Gasteiger partial charge in [-0.3, -0.25) is 4.79 Å². The van der Waals surface area contributed by atoms with Crippen molar-refractivity contribution in [1.29, 1.82) is 0 Å². The number of nitrogens with two attached hydrogens (primary N) is 1. The van der Waals surface area contributed by atoms with Gasteiger partial charge in [0.25, 0.3) is 0 Å². The first-order valence-corrected chi connectivity index (χ1v) is 7.09. The Labute approximate surface area is 111 Å². The van der Waals surface area contributed by atoms with Crippen molar-refractivity contribution in [2.75, 3.05) is 23.4 Å². The minimum atomic E-state index is 0.0208. The Hall–Kier alpha value is -0.710. The molecule has 0 aromatic heterocycles. The Balaban J connectivity index is 2.21. The van der Waals surface area contributed by atoms with E-state index in [1.807, 2.05) is 12.1 Å². The number of hydrogen-bond acceptors (Lipinski definition) is 3. The second kappa shape index (κ2) is 8.39. The van der Waals surface area contributed by atoms with Gasteiger partial charge in [-0.25, -0.2) is 0 Å². The maximum atomic E-state index is 11.6. The Bertz CT molecular complexity index is 360. The molecular weight excluding hydrogens is 256 g/mol. The third kappa shape index (κ3) is 6.56. The van der Waals surface area contributed by atoms with Crippen molar-refractivity contribution in [2.24, 2.45) is 5.73 Å². The van der Waals surface area contributed by atoms with E-state index in [-0.39, 0.29) is 5.91 Å². The van der Waals surface area contributed by atoms with E-state index in [9.17, 15) is 4.79 Å². The van der Waals surface area contributed by atoms with Gasteiger partial charge in [-0.2, -0.15) is 11.8 Å². The van der Waals surface area contributed by atoms with Crippen molar-refractivity contribution in [3.8, 4) is 0 Å². The molecule has 0 unspecified atom stereocenters. The van der Waals surface area contributed by atoms with E-state index < -0.39 is 0 Å². The average molecular weight is 273 g/mol. The molecule has 0 saturated carbocycles. The molecule has 0 aliphatic rings. The van der Waals surface area contributed by atoms with E-state index in [0.29, 0.717) is 18.0 Å². The van der Waals surface area contributed by atoms with Crippen LogP contribution in [0.3, 0.4) is 0 Å². The quantitative estimate of drug-likeness (QED) is 0.751. The summed E-state index contributed by atoms with van der Waals surface area (Å²) in [6, 6.07) is 7.15. The first kappa shape index (κ1) is 14.4. The van der Waals surface area contributed by atoms with Crippen LogP contribution in [-0.4, -0.2) is 24.0 Å². The van der Waals surface area contributed by atoms with Crippen LogP contribution < -0.4 is 11.1 Å². The third-order valence-corrected chi connectivity index (χ3v) is 3.38. The summed E-state index contributed by atoms with van der Waals surface area (Å²) in [7, 11) is 0. The lowest BCUT2D eigenvalue weighted by atomic mass is 10.3. The molecule has 3 nitrogen and oxygen atoms in total. The first-order chi connectivity index (χ1) is 8.22. The molecule has 0 bridgehead atoms. The Morgan fingerprint density at radius 2 is 2.24 bits per heavy atom. The molecule has 0 radical (unpaired) electrons. The Morgan fingerprint density at radius 3 is 2.94 bits per heavy atom. The van der Waals surface area contributed by atoms with Crippen molar-refractivity contribution in [1.82, 2.24) is 0 Å². The zero-order valence-corrected chi connectivity index (χ0v) is 11.2. The highest BCUT2D eigenvalue weighted by Crippen LogP contribution is 2.15. The molecule has 1 aromatic rings. The van der Waals surface area contributed by atoms with E-state index in [0.717, 1.165) is 23.6 Å². The molecule has 17 heavy (non-hydrogen) atoms. The van der Waals surface area contributed by atoms with E-state index in [2.05, 4.69) is 5.32 Å². The van der Waals surface area contributed by atoms with Crippen molar-refractivity contribution in [3.05, 3.63) is 29.3 Å². The molecule has 0 atom stereocenters. The van der Waals surface area contributed by atoms with Gasteiger partial charge in [-0.15, -0.1) is 0 Å². The lowest BCUT2D eigenvalue weighted by molar-refractivity contribution is -0.115. The minimum Gasteiger partial charge on any atom is -0.330 e. The van der Waals surface area contributed by atoms with Crippen LogP contribution in [0.2, 0.25) is 5.02 Å². The zero-order valence-electron chi connectivity index (χ0n) is 9.62. The SMILES string of the molecule is NCCCSCCC(=O)Nc1cccc(Cl)c1. The van der Waals surface area contributed by atoms with Crippen LogP contribution in [0, 0.1) is 0 Å². The molecule has 1 amide bonds. The maximum absolute atomic E-state index is 11.6. The maximum Gasteiger partial charge on any atom is 0.225 e. The summed E-state index contributed by atoms with van der Waals surface area (Å²) in [5.41, 5.74) is 6.13. The average Bonchev–Trinajstić information content (AvgIpc) is 2.29. The number of amides is 1. The fraction of sp³-hybridized carbons (Fsp3) is 0.417. The van der Waals surface area contributed by atoms with Crippen molar-refractivity contribution in [3.63, 3.8) is 0 Å². The normalized spacial score (nSPS) is 10.2. The van der Waals surface area contributed by atoms with Gasteiger partial charge < -0.3 is 11.1 Å². The molecule has 3 N–H and O–H groups in total. The smallest absolute Gasteiger partial charge is 0.225 e. The molecule has 0 fully saturated rings. The van der Waals surface area contributed by atoms with E-state index in [1.165, 1.54) is 0 Å². The van der Waals surface area contributed by atoms with E-state index in [4.69, 9.17) is 17.3 Å². The summed E-state index contributed by atoms with van der Waals surface area (Å²) in [6.07, 6.45) is 1.52. The highest BCUT2D eigenvalue weighted by molar-refractivity contribution is 7.99. The third-order valence-electron chi connectivity index (χ3n) is 2.07. The summed E-state index contributed by atoms with van der Waals surface area (Å²) in [6.45, 7) is 0.710. The van der Waals surface area contributed by atoms with Gasteiger partial charge in [-0.1, -0.05) is 17.7 Å². The summed E-state index contributed by atoms with van der Waals surface area (Å²) in [5.74, 6) is 1.86. The van der Waals surface area contributed by atoms with Gasteiger partial charge in [0.2, 0.25) is 5.91 Å². The highest BCUT2D eigenvalue weighted by atomic mass is 35.5. The number of carbonyl (C=O) groups excluding carboxylic acids is 1. The van der Waals surface area contributed by atoms with Gasteiger partial charge in [0, 0.05) is 22.9 Å². The van der Waals surface area contributed by atoms with Gasteiger partial charge >= 0.3 is 0 Å². The molecule has 0 saturated heterocycles. The predicted molar refractivity (Wildman–Crippen MR) is 75.7 cm³/mol. The molecule has 0 aliphatic carbocycles. The topological polar surface area (TPSA) is 55.1 Å². The molecule has 5 heteroatoms. The second-order valence-corrected chi connectivity index (χ2v) is 5.22. The van der Waals surface area contributed by atoms with Gasteiger partial charge in [-0.05, 0) is 36.9 Å². The summed E-state index contributed by atoms with van der Waals surface area (Å²) < 4.78 is 0. The lowest BCUT2D eigenvalue weighted by Crippen LogP contribution is -2.12. The van der Waals surface area contributed by atoms with E-state index in [1.54, 1.807) is 23.9 Å². The molecule has 0 spiro atoms. The standard InChI is InChI=1S/C12H17ClN2OS/c13-10-3-1-4-11(9-10)15-12(16)5-8-17-7-2-6-14/h1,3-4,9H,2,5-8,14H2,(H,15,16). The monoisotopic (exact) mass is 272 g/mol. The van der Waals surface area contributed by atoms with Crippen LogP contribution in [0.1, 0.15) is 12.8 Å². The molecule has 1 aromatic carbocycles. The Morgan fingerprint density at radius 1 is 1.41 bits per heavy atom. The number of rotatable bonds is 7. The minimum absolute atomic E-state index is 0.0208. The van der Waals surface area contributed by atoms with E-state index >= 15 is 0 Å². The Kier molecular flexibility index (Phi) is 7.08. The van der Waals surface area contributed by atoms with Gasteiger partial charge in [0.1, 0.15) is 0 Å². The van der Waals surface area contributed by atoms with Crippen LogP contribution in [0.25, 0.3) is 0 Å². The highest BCUT2D eigenvalue weighted by Gasteiger charge is 2.02. The van der Waals surface area contributed by atoms with Crippen LogP contribution in [0.4, 0.5) is 5.69 Å². The van der Waals surface area contributed by atoms with Crippen molar-refractivity contribution >= 4 is 35.0 Å². The molecule has 1 rings (SSSR count). The summed E-state index contributed by atoms with van der Waals surface area (Å²) in [4.78, 5) is 11.6. The number of carbonyl (C=O) groups is 1. The number of benzene rings is 1. The number of halogens is 1. The van der Waals surface area contributed by atoms with Crippen molar-refractivity contribution < 1.29 is 4.79 Å². The fourth-order valence-electron chi connectivity index (χ4n) is 1.24. The van der Waals surface area contributed by atoms with Gasteiger partial charge in [0.15, 0.2) is 0 Å².